The van der Waals surface area contributed by atoms with Crippen molar-refractivity contribution in [3.8, 4) is 0 Å². The van der Waals surface area contributed by atoms with E-state index in [4.69, 9.17) is 4.74 Å². The number of fused-ring (bicyclic) bond motifs is 2. The van der Waals surface area contributed by atoms with E-state index in [1.165, 1.54) is 6.07 Å². The smallest absolute Gasteiger partial charge is 0.274 e. The number of aryl methyl sites for hydroxylation is 1. The van der Waals surface area contributed by atoms with Gasteiger partial charge < -0.3 is 15.0 Å². The van der Waals surface area contributed by atoms with Gasteiger partial charge in [-0.05, 0) is 36.8 Å². The third kappa shape index (κ3) is 3.09. The lowest BCUT2D eigenvalue weighted by molar-refractivity contribution is 0.102. The van der Waals surface area contributed by atoms with E-state index < -0.39 is 0 Å². The fourth-order valence-electron chi connectivity index (χ4n) is 3.26. The Bertz CT molecular complexity index is 1220. The Labute approximate surface area is 154 Å². The van der Waals surface area contributed by atoms with Gasteiger partial charge in [-0.3, -0.25) is 14.0 Å². The molecule has 0 bridgehead atoms. The number of carbonyl (C=O) groups excluding carboxylic acids is 1. The summed E-state index contributed by atoms with van der Waals surface area (Å²) in [6.07, 6.45) is 1.80. The molecular formula is C20H18N4O3. The number of nitrogens with one attached hydrogen (secondary N) is 2. The topological polar surface area (TPSA) is 88.5 Å². The molecule has 27 heavy (non-hydrogen) atoms. The van der Waals surface area contributed by atoms with Crippen molar-refractivity contribution in [3.05, 3.63) is 76.0 Å². The van der Waals surface area contributed by atoms with Gasteiger partial charge in [0.2, 0.25) is 5.56 Å². The zero-order valence-electron chi connectivity index (χ0n) is 14.9. The lowest BCUT2D eigenvalue weighted by Gasteiger charge is -2.09. The minimum Gasteiger partial charge on any atom is -0.380 e. The lowest BCUT2D eigenvalue weighted by atomic mass is 10.1. The molecule has 0 unspecified atom stereocenters. The minimum absolute atomic E-state index is 0.212. The Morgan fingerprint density at radius 2 is 2.11 bits per heavy atom. The van der Waals surface area contributed by atoms with Crippen LogP contribution in [0, 0.1) is 6.92 Å². The second-order valence-electron chi connectivity index (χ2n) is 6.28. The first-order valence-corrected chi connectivity index (χ1v) is 8.47. The molecule has 0 saturated carbocycles. The Morgan fingerprint density at radius 3 is 2.93 bits per heavy atom. The molecule has 3 heterocycles. The highest BCUT2D eigenvalue weighted by Crippen LogP contribution is 2.21. The SMILES string of the molecule is COCc1cc(=O)[nH]c2cc(NC(=O)c3c(C)nc4ccccn34)ccc12. The van der Waals surface area contributed by atoms with Crippen LogP contribution in [-0.4, -0.2) is 27.4 Å². The fraction of sp³-hybridized carbons (Fsp3) is 0.150. The molecule has 7 heteroatoms. The molecule has 7 nitrogen and oxygen atoms in total. The molecule has 4 rings (SSSR count). The average Bonchev–Trinajstić information content (AvgIpc) is 2.97. The van der Waals surface area contributed by atoms with Crippen LogP contribution in [0.25, 0.3) is 16.6 Å². The Kier molecular flexibility index (Phi) is 4.21. The number of anilines is 1. The molecule has 0 aliphatic carbocycles. The summed E-state index contributed by atoms with van der Waals surface area (Å²) in [5.41, 5.74) is 3.66. The highest BCUT2D eigenvalue weighted by atomic mass is 16.5. The van der Waals surface area contributed by atoms with Crippen molar-refractivity contribution >= 4 is 28.1 Å². The first-order valence-electron chi connectivity index (χ1n) is 8.47. The van der Waals surface area contributed by atoms with E-state index in [1.54, 1.807) is 36.8 Å². The van der Waals surface area contributed by atoms with Crippen molar-refractivity contribution in [2.75, 3.05) is 12.4 Å². The van der Waals surface area contributed by atoms with Gasteiger partial charge in [-0.1, -0.05) is 12.1 Å². The Balaban J connectivity index is 1.71. The number of carbonyl (C=O) groups is 1. The summed E-state index contributed by atoms with van der Waals surface area (Å²) in [4.78, 5) is 31.9. The van der Waals surface area contributed by atoms with Crippen LogP contribution in [0.1, 0.15) is 21.7 Å². The van der Waals surface area contributed by atoms with Gasteiger partial charge in [-0.2, -0.15) is 0 Å². The van der Waals surface area contributed by atoms with Crippen LogP contribution in [-0.2, 0) is 11.3 Å². The zero-order chi connectivity index (χ0) is 19.0. The van der Waals surface area contributed by atoms with Crippen LogP contribution in [0.15, 0.2) is 53.5 Å². The molecule has 0 atom stereocenters. The average molecular weight is 362 g/mol. The summed E-state index contributed by atoms with van der Waals surface area (Å²) in [5, 5.41) is 3.76. The van der Waals surface area contributed by atoms with Crippen molar-refractivity contribution < 1.29 is 9.53 Å². The van der Waals surface area contributed by atoms with Gasteiger partial charge >= 0.3 is 0 Å². The Hall–Kier alpha value is -3.45. The number of H-pyrrole nitrogens is 1. The van der Waals surface area contributed by atoms with E-state index in [9.17, 15) is 9.59 Å². The maximum absolute atomic E-state index is 12.8. The number of nitrogens with zero attached hydrogens (tertiary/aromatic N) is 2. The predicted octanol–water partition coefficient (Wildman–Crippen LogP) is 2.88. The molecule has 4 aromatic rings. The third-order valence-corrected chi connectivity index (χ3v) is 4.41. The third-order valence-electron chi connectivity index (χ3n) is 4.41. The molecule has 3 aromatic heterocycles. The molecular weight excluding hydrogens is 344 g/mol. The molecule has 0 saturated heterocycles. The monoisotopic (exact) mass is 362 g/mol. The van der Waals surface area contributed by atoms with Gasteiger partial charge in [0, 0.05) is 30.4 Å². The highest BCUT2D eigenvalue weighted by Gasteiger charge is 2.16. The second kappa shape index (κ2) is 6.69. The second-order valence-corrected chi connectivity index (χ2v) is 6.28. The lowest BCUT2D eigenvalue weighted by Crippen LogP contribution is -2.16. The normalized spacial score (nSPS) is 11.2. The first-order chi connectivity index (χ1) is 13.1. The number of hydrogen-bond acceptors (Lipinski definition) is 4. The summed E-state index contributed by atoms with van der Waals surface area (Å²) in [6, 6.07) is 12.5. The highest BCUT2D eigenvalue weighted by molar-refractivity contribution is 6.05. The summed E-state index contributed by atoms with van der Waals surface area (Å²) in [6.45, 7) is 2.14. The molecule has 0 aliphatic heterocycles. The molecule has 1 aromatic carbocycles. The number of ether oxygens (including phenoxy) is 1. The van der Waals surface area contributed by atoms with E-state index in [-0.39, 0.29) is 11.5 Å². The van der Waals surface area contributed by atoms with E-state index in [0.717, 1.165) is 10.9 Å². The quantitative estimate of drug-likeness (QED) is 0.584. The van der Waals surface area contributed by atoms with Crippen molar-refractivity contribution in [1.29, 1.82) is 0 Å². The number of imidazole rings is 1. The van der Waals surface area contributed by atoms with E-state index >= 15 is 0 Å². The molecule has 136 valence electrons. The van der Waals surface area contributed by atoms with Crippen LogP contribution in [0.5, 0.6) is 0 Å². The zero-order valence-corrected chi connectivity index (χ0v) is 14.9. The number of rotatable bonds is 4. The molecule has 0 aliphatic rings. The van der Waals surface area contributed by atoms with Crippen molar-refractivity contribution in [3.63, 3.8) is 0 Å². The summed E-state index contributed by atoms with van der Waals surface area (Å²) >= 11 is 0. The number of aromatic amines is 1. The van der Waals surface area contributed by atoms with Crippen LogP contribution < -0.4 is 10.9 Å². The molecule has 2 N–H and O–H groups in total. The fourth-order valence-corrected chi connectivity index (χ4v) is 3.26. The van der Waals surface area contributed by atoms with Gasteiger partial charge in [0.05, 0.1) is 17.8 Å². The van der Waals surface area contributed by atoms with Crippen LogP contribution in [0.3, 0.4) is 0 Å². The van der Waals surface area contributed by atoms with E-state index in [0.29, 0.717) is 34.8 Å². The van der Waals surface area contributed by atoms with Gasteiger partial charge in [-0.25, -0.2) is 4.98 Å². The van der Waals surface area contributed by atoms with Gasteiger partial charge in [-0.15, -0.1) is 0 Å². The van der Waals surface area contributed by atoms with Crippen LogP contribution >= 0.6 is 0 Å². The Morgan fingerprint density at radius 1 is 1.26 bits per heavy atom. The van der Waals surface area contributed by atoms with Crippen LogP contribution in [0.2, 0.25) is 0 Å². The number of hydrogen-bond donors (Lipinski definition) is 2. The number of methoxy groups -OCH3 is 1. The van der Waals surface area contributed by atoms with E-state index in [2.05, 4.69) is 15.3 Å². The van der Waals surface area contributed by atoms with Crippen molar-refractivity contribution in [2.45, 2.75) is 13.5 Å². The first kappa shape index (κ1) is 17.0. The van der Waals surface area contributed by atoms with E-state index in [1.807, 2.05) is 24.3 Å². The molecule has 0 spiro atoms. The maximum Gasteiger partial charge on any atom is 0.274 e. The number of amides is 1. The summed E-state index contributed by atoms with van der Waals surface area (Å²) < 4.78 is 6.91. The van der Waals surface area contributed by atoms with Gasteiger partial charge in [0.25, 0.3) is 5.91 Å². The number of pyridine rings is 2. The summed E-state index contributed by atoms with van der Waals surface area (Å²) in [7, 11) is 1.58. The summed E-state index contributed by atoms with van der Waals surface area (Å²) in [5.74, 6) is -0.263. The minimum atomic E-state index is -0.263. The van der Waals surface area contributed by atoms with Gasteiger partial charge in [0.15, 0.2) is 0 Å². The van der Waals surface area contributed by atoms with Crippen molar-refractivity contribution in [2.24, 2.45) is 0 Å². The van der Waals surface area contributed by atoms with Crippen molar-refractivity contribution in [1.82, 2.24) is 14.4 Å². The number of aromatic nitrogens is 3. The largest absolute Gasteiger partial charge is 0.380 e. The predicted molar refractivity (Wildman–Crippen MR) is 103 cm³/mol. The maximum atomic E-state index is 12.8. The molecule has 1 amide bonds. The van der Waals surface area contributed by atoms with Crippen LogP contribution in [0.4, 0.5) is 5.69 Å². The number of benzene rings is 1. The molecule has 0 fully saturated rings. The van der Waals surface area contributed by atoms with Gasteiger partial charge in [0.1, 0.15) is 11.3 Å². The standard InChI is InChI=1S/C20H18N4O3/c1-12-19(24-8-4-3-5-17(24)21-12)20(26)22-14-6-7-15-13(11-27-2)9-18(25)23-16(15)10-14/h3-10H,11H2,1-2H3,(H,22,26)(H,23,25). The molecule has 0 radical (unpaired) electrons.